The van der Waals surface area contributed by atoms with E-state index in [4.69, 9.17) is 4.42 Å². The van der Waals surface area contributed by atoms with E-state index in [-0.39, 0.29) is 11.3 Å². The van der Waals surface area contributed by atoms with E-state index < -0.39 is 10.0 Å². The number of nitrogens with zero attached hydrogens (tertiary/aromatic N) is 2. The summed E-state index contributed by atoms with van der Waals surface area (Å²) < 4.78 is 33.3. The highest BCUT2D eigenvalue weighted by atomic mass is 32.2. The monoisotopic (exact) mass is 398 g/mol. The number of pyridine rings is 1. The molecule has 3 heterocycles. The van der Waals surface area contributed by atoms with Crippen molar-refractivity contribution in [2.45, 2.75) is 49.8 Å². The topological polar surface area (TPSA) is 63.4 Å². The van der Waals surface area contributed by atoms with E-state index in [0.717, 1.165) is 35.1 Å². The maximum atomic E-state index is 13.0. The van der Waals surface area contributed by atoms with Gasteiger partial charge in [0, 0.05) is 24.8 Å². The molecule has 0 N–H and O–H groups in total. The van der Waals surface area contributed by atoms with Gasteiger partial charge in [-0.15, -0.1) is 0 Å². The van der Waals surface area contributed by atoms with Crippen molar-refractivity contribution in [3.8, 4) is 0 Å². The first kappa shape index (κ1) is 19.2. The lowest BCUT2D eigenvalue weighted by molar-refractivity contribution is 0.319. The van der Waals surface area contributed by atoms with Gasteiger partial charge in [-0.25, -0.2) is 8.42 Å². The van der Waals surface area contributed by atoms with Gasteiger partial charge in [-0.2, -0.15) is 4.31 Å². The average Bonchev–Trinajstić information content (AvgIpc) is 3.12. The fourth-order valence-corrected chi connectivity index (χ4v) is 5.33. The standard InChI is InChI=1S/C22H26N2O3S/c1-22(2,3)17-6-8-18(9-7-17)28(25,26)24-13-10-16(11-14-24)19-15-27-20-5-4-12-23-21(19)20/h4-9,12,15-16H,10-11,13-14H2,1-3H3. The van der Waals surface area contributed by atoms with Crippen LogP contribution in [0.25, 0.3) is 11.1 Å². The molecule has 3 aromatic rings. The van der Waals surface area contributed by atoms with Crippen LogP contribution in [0.4, 0.5) is 0 Å². The zero-order chi connectivity index (χ0) is 19.9. The first-order valence-corrected chi connectivity index (χ1v) is 11.1. The van der Waals surface area contributed by atoms with Crippen molar-refractivity contribution in [3.63, 3.8) is 0 Å². The number of furan rings is 1. The van der Waals surface area contributed by atoms with Gasteiger partial charge in [-0.1, -0.05) is 32.9 Å². The van der Waals surface area contributed by atoms with Gasteiger partial charge < -0.3 is 4.42 Å². The second kappa shape index (κ2) is 7.01. The number of benzene rings is 1. The van der Waals surface area contributed by atoms with Gasteiger partial charge in [0.15, 0.2) is 5.58 Å². The Morgan fingerprint density at radius 1 is 1.07 bits per heavy atom. The Morgan fingerprint density at radius 2 is 1.75 bits per heavy atom. The molecule has 148 valence electrons. The summed E-state index contributed by atoms with van der Waals surface area (Å²) in [4.78, 5) is 4.80. The van der Waals surface area contributed by atoms with E-state index in [2.05, 4.69) is 25.8 Å². The molecule has 0 bridgehead atoms. The van der Waals surface area contributed by atoms with Gasteiger partial charge in [0.1, 0.15) is 5.52 Å². The number of hydrogen-bond donors (Lipinski definition) is 0. The first-order valence-electron chi connectivity index (χ1n) is 9.69. The van der Waals surface area contributed by atoms with Crippen LogP contribution in [-0.2, 0) is 15.4 Å². The average molecular weight is 399 g/mol. The van der Waals surface area contributed by atoms with Gasteiger partial charge in [-0.05, 0) is 54.0 Å². The maximum Gasteiger partial charge on any atom is 0.243 e. The van der Waals surface area contributed by atoms with Crippen LogP contribution in [0.3, 0.4) is 0 Å². The molecule has 0 spiro atoms. The second-order valence-electron chi connectivity index (χ2n) is 8.49. The molecule has 6 heteroatoms. The third kappa shape index (κ3) is 3.47. The molecule has 0 unspecified atom stereocenters. The van der Waals surface area contributed by atoms with E-state index in [0.29, 0.717) is 18.0 Å². The predicted octanol–water partition coefficient (Wildman–Crippen LogP) is 4.69. The number of rotatable bonds is 3. The Morgan fingerprint density at radius 3 is 2.39 bits per heavy atom. The number of piperidine rings is 1. The van der Waals surface area contributed by atoms with E-state index in [1.807, 2.05) is 24.3 Å². The number of hydrogen-bond acceptors (Lipinski definition) is 4. The normalized spacial score (nSPS) is 17.2. The summed E-state index contributed by atoms with van der Waals surface area (Å²) in [5.41, 5.74) is 3.89. The smallest absolute Gasteiger partial charge is 0.243 e. The Labute approximate surface area is 166 Å². The highest BCUT2D eigenvalue weighted by molar-refractivity contribution is 7.89. The zero-order valence-corrected chi connectivity index (χ0v) is 17.4. The Balaban J connectivity index is 1.49. The lowest BCUT2D eigenvalue weighted by atomic mass is 9.87. The molecule has 5 nitrogen and oxygen atoms in total. The van der Waals surface area contributed by atoms with Crippen LogP contribution in [0.2, 0.25) is 0 Å². The largest absolute Gasteiger partial charge is 0.462 e. The zero-order valence-electron chi connectivity index (χ0n) is 16.6. The molecular formula is C22H26N2O3S. The van der Waals surface area contributed by atoms with Crippen molar-refractivity contribution < 1.29 is 12.8 Å². The fourth-order valence-electron chi connectivity index (χ4n) is 3.86. The van der Waals surface area contributed by atoms with Crippen LogP contribution in [-0.4, -0.2) is 30.8 Å². The molecule has 0 saturated carbocycles. The molecule has 1 aromatic carbocycles. The minimum absolute atomic E-state index is 0.00202. The molecular weight excluding hydrogens is 372 g/mol. The lowest BCUT2D eigenvalue weighted by Gasteiger charge is -2.31. The van der Waals surface area contributed by atoms with Crippen LogP contribution in [0, 0.1) is 0 Å². The van der Waals surface area contributed by atoms with Crippen LogP contribution in [0.15, 0.2) is 58.2 Å². The second-order valence-corrected chi connectivity index (χ2v) is 10.4. The molecule has 1 aliphatic rings. The third-order valence-corrected chi connectivity index (χ3v) is 7.52. The van der Waals surface area contributed by atoms with Gasteiger partial charge in [0.05, 0.1) is 11.2 Å². The Bertz CT molecular complexity index is 1070. The molecule has 0 amide bonds. The molecule has 4 rings (SSSR count). The summed E-state index contributed by atoms with van der Waals surface area (Å²) >= 11 is 0. The predicted molar refractivity (Wildman–Crippen MR) is 110 cm³/mol. The summed E-state index contributed by atoms with van der Waals surface area (Å²) in [6, 6.07) is 11.1. The summed E-state index contributed by atoms with van der Waals surface area (Å²) in [6.07, 6.45) is 5.08. The molecule has 1 aliphatic heterocycles. The minimum Gasteiger partial charge on any atom is -0.462 e. The van der Waals surface area contributed by atoms with Crippen molar-refractivity contribution >= 4 is 21.1 Å². The van der Waals surface area contributed by atoms with Crippen molar-refractivity contribution in [2.75, 3.05) is 13.1 Å². The number of fused-ring (bicyclic) bond motifs is 1. The highest BCUT2D eigenvalue weighted by Crippen LogP contribution is 2.35. The van der Waals surface area contributed by atoms with Crippen LogP contribution < -0.4 is 0 Å². The quantitative estimate of drug-likeness (QED) is 0.642. The fraction of sp³-hybridized carbons (Fsp3) is 0.409. The van der Waals surface area contributed by atoms with E-state index in [1.54, 1.807) is 28.9 Å². The van der Waals surface area contributed by atoms with Gasteiger partial charge >= 0.3 is 0 Å². The summed E-state index contributed by atoms with van der Waals surface area (Å²) in [5, 5.41) is 0. The molecule has 1 saturated heterocycles. The van der Waals surface area contributed by atoms with Crippen LogP contribution >= 0.6 is 0 Å². The van der Waals surface area contributed by atoms with E-state index in [9.17, 15) is 8.42 Å². The molecule has 2 aromatic heterocycles. The molecule has 0 atom stereocenters. The van der Waals surface area contributed by atoms with Gasteiger partial charge in [0.2, 0.25) is 10.0 Å². The highest BCUT2D eigenvalue weighted by Gasteiger charge is 2.31. The SMILES string of the molecule is CC(C)(C)c1ccc(S(=O)(=O)N2CCC(c3coc4cccnc34)CC2)cc1. The van der Waals surface area contributed by atoms with Gasteiger partial charge in [-0.3, -0.25) is 4.98 Å². The number of aromatic nitrogens is 1. The van der Waals surface area contributed by atoms with Crippen molar-refractivity contribution in [1.29, 1.82) is 0 Å². The Kier molecular flexibility index (Phi) is 4.79. The third-order valence-electron chi connectivity index (χ3n) is 5.61. The van der Waals surface area contributed by atoms with Crippen LogP contribution in [0.1, 0.15) is 50.7 Å². The minimum atomic E-state index is -3.46. The lowest BCUT2D eigenvalue weighted by Crippen LogP contribution is -2.37. The van der Waals surface area contributed by atoms with E-state index in [1.165, 1.54) is 0 Å². The summed E-state index contributed by atoms with van der Waals surface area (Å²) in [6.45, 7) is 7.38. The first-order chi connectivity index (χ1) is 13.3. The van der Waals surface area contributed by atoms with Crippen molar-refractivity contribution in [3.05, 3.63) is 60.0 Å². The summed E-state index contributed by atoms with van der Waals surface area (Å²) in [5.74, 6) is 0.269. The molecule has 28 heavy (non-hydrogen) atoms. The summed E-state index contributed by atoms with van der Waals surface area (Å²) in [7, 11) is -3.46. The van der Waals surface area contributed by atoms with Crippen molar-refractivity contribution in [2.24, 2.45) is 0 Å². The molecule has 0 aliphatic carbocycles. The molecule has 1 fully saturated rings. The maximum absolute atomic E-state index is 13.0. The van der Waals surface area contributed by atoms with Crippen LogP contribution in [0.5, 0.6) is 0 Å². The molecule has 0 radical (unpaired) electrons. The van der Waals surface area contributed by atoms with Gasteiger partial charge in [0.25, 0.3) is 0 Å². The number of sulfonamides is 1. The van der Waals surface area contributed by atoms with E-state index >= 15 is 0 Å². The Hall–Kier alpha value is -2.18. The van der Waals surface area contributed by atoms with Crippen molar-refractivity contribution in [1.82, 2.24) is 9.29 Å².